The van der Waals surface area contributed by atoms with Crippen LogP contribution in [0.15, 0.2) is 29.3 Å². The Morgan fingerprint density at radius 1 is 1.38 bits per heavy atom. The second-order valence-corrected chi connectivity index (χ2v) is 6.34. The highest BCUT2D eigenvalue weighted by Crippen LogP contribution is 2.18. The predicted molar refractivity (Wildman–Crippen MR) is 98.8 cm³/mol. The van der Waals surface area contributed by atoms with E-state index in [9.17, 15) is 0 Å². The molecule has 0 saturated carbocycles. The molecule has 134 valence electrons. The van der Waals surface area contributed by atoms with Crippen molar-refractivity contribution in [2.45, 2.75) is 25.7 Å². The number of methoxy groups -OCH3 is 1. The third-order valence-corrected chi connectivity index (χ3v) is 4.62. The van der Waals surface area contributed by atoms with Gasteiger partial charge in [-0.3, -0.25) is 4.99 Å². The van der Waals surface area contributed by atoms with Gasteiger partial charge >= 0.3 is 0 Å². The maximum atomic E-state index is 5.43. The Hall–Kier alpha value is -1.75. The summed E-state index contributed by atoms with van der Waals surface area (Å²) in [5.41, 5.74) is 1.27. The lowest BCUT2D eigenvalue weighted by atomic mass is 9.96. The molecule has 0 bridgehead atoms. The third-order valence-electron chi connectivity index (χ3n) is 4.62. The Morgan fingerprint density at radius 3 is 2.88 bits per heavy atom. The van der Waals surface area contributed by atoms with Crippen LogP contribution in [-0.2, 0) is 11.2 Å². The molecule has 0 radical (unpaired) electrons. The number of nitrogens with zero attached hydrogens (tertiary/aromatic N) is 2. The molecule has 1 N–H and O–H groups in total. The van der Waals surface area contributed by atoms with Gasteiger partial charge in [0.25, 0.3) is 0 Å². The molecule has 5 heteroatoms. The lowest BCUT2D eigenvalue weighted by molar-refractivity contribution is 0.0625. The highest BCUT2D eigenvalue weighted by Gasteiger charge is 2.15. The first-order chi connectivity index (χ1) is 11.7. The van der Waals surface area contributed by atoms with Gasteiger partial charge in [-0.25, -0.2) is 0 Å². The number of nitrogens with one attached hydrogen (secondary N) is 1. The highest BCUT2D eigenvalue weighted by atomic mass is 16.5. The Bertz CT molecular complexity index is 513. The summed E-state index contributed by atoms with van der Waals surface area (Å²) in [6.07, 6.45) is 4.53. The molecule has 24 heavy (non-hydrogen) atoms. The molecular weight excluding hydrogens is 302 g/mol. The van der Waals surface area contributed by atoms with Gasteiger partial charge in [0.2, 0.25) is 0 Å². The first kappa shape index (κ1) is 18.6. The standard InChI is InChI=1S/C19H31N3O2/c1-20-19(22(2)12-8-16-9-13-24-14-10-16)21-11-7-17-5-4-6-18(15-17)23-3/h4-6,15-16H,7-14H2,1-3H3,(H,20,21). The maximum absolute atomic E-state index is 5.43. The highest BCUT2D eigenvalue weighted by molar-refractivity contribution is 5.79. The molecule has 1 aromatic rings. The average molecular weight is 333 g/mol. The van der Waals surface area contributed by atoms with E-state index in [4.69, 9.17) is 9.47 Å². The van der Waals surface area contributed by atoms with E-state index >= 15 is 0 Å². The van der Waals surface area contributed by atoms with E-state index in [1.54, 1.807) is 7.11 Å². The second-order valence-electron chi connectivity index (χ2n) is 6.34. The van der Waals surface area contributed by atoms with Crippen molar-refractivity contribution in [3.8, 4) is 5.75 Å². The van der Waals surface area contributed by atoms with E-state index in [2.05, 4.69) is 34.4 Å². The van der Waals surface area contributed by atoms with Crippen LogP contribution in [0.1, 0.15) is 24.8 Å². The molecule has 2 rings (SSSR count). The summed E-state index contributed by atoms with van der Waals surface area (Å²) in [7, 11) is 5.66. The van der Waals surface area contributed by atoms with Crippen molar-refractivity contribution in [1.82, 2.24) is 10.2 Å². The first-order valence-corrected chi connectivity index (χ1v) is 8.85. The number of hydrogen-bond acceptors (Lipinski definition) is 3. The van der Waals surface area contributed by atoms with Crippen LogP contribution >= 0.6 is 0 Å². The first-order valence-electron chi connectivity index (χ1n) is 8.85. The quantitative estimate of drug-likeness (QED) is 0.615. The molecule has 1 saturated heterocycles. The molecule has 0 aromatic heterocycles. The Balaban J connectivity index is 1.72. The van der Waals surface area contributed by atoms with Gasteiger partial charge in [0.05, 0.1) is 7.11 Å². The monoisotopic (exact) mass is 333 g/mol. The Labute approximate surface area is 146 Å². The van der Waals surface area contributed by atoms with Crippen LogP contribution in [0.5, 0.6) is 5.75 Å². The molecule has 0 spiro atoms. The number of benzene rings is 1. The van der Waals surface area contributed by atoms with Gasteiger partial charge in [-0.1, -0.05) is 12.1 Å². The largest absolute Gasteiger partial charge is 0.497 e. The summed E-state index contributed by atoms with van der Waals surface area (Å²) < 4.78 is 10.7. The van der Waals surface area contributed by atoms with Crippen LogP contribution < -0.4 is 10.1 Å². The van der Waals surface area contributed by atoms with Crippen molar-refractivity contribution in [3.05, 3.63) is 29.8 Å². The van der Waals surface area contributed by atoms with Crippen LogP contribution in [0.3, 0.4) is 0 Å². The smallest absolute Gasteiger partial charge is 0.193 e. The van der Waals surface area contributed by atoms with Crippen LogP contribution in [0.25, 0.3) is 0 Å². The molecule has 5 nitrogen and oxygen atoms in total. The SMILES string of the molecule is CN=C(NCCc1cccc(OC)c1)N(C)CCC1CCOCC1. The Morgan fingerprint density at radius 2 is 2.17 bits per heavy atom. The van der Waals surface area contributed by atoms with Crippen LogP contribution in [0.4, 0.5) is 0 Å². The van der Waals surface area contributed by atoms with Crippen molar-refractivity contribution < 1.29 is 9.47 Å². The minimum Gasteiger partial charge on any atom is -0.497 e. The summed E-state index contributed by atoms with van der Waals surface area (Å²) in [5.74, 6) is 2.66. The molecule has 1 fully saturated rings. The van der Waals surface area contributed by atoms with Gasteiger partial charge in [0.1, 0.15) is 5.75 Å². The molecule has 1 aromatic carbocycles. The molecular formula is C19H31N3O2. The number of rotatable bonds is 7. The molecule has 0 unspecified atom stereocenters. The fourth-order valence-corrected chi connectivity index (χ4v) is 3.05. The maximum Gasteiger partial charge on any atom is 0.193 e. The zero-order valence-corrected chi connectivity index (χ0v) is 15.3. The van der Waals surface area contributed by atoms with E-state index in [1.807, 2.05) is 19.2 Å². The van der Waals surface area contributed by atoms with E-state index in [1.165, 1.54) is 24.8 Å². The normalized spacial score (nSPS) is 16.0. The van der Waals surface area contributed by atoms with Gasteiger partial charge in [-0.15, -0.1) is 0 Å². The van der Waals surface area contributed by atoms with E-state index in [-0.39, 0.29) is 0 Å². The third kappa shape index (κ3) is 6.04. The van der Waals surface area contributed by atoms with E-state index < -0.39 is 0 Å². The van der Waals surface area contributed by atoms with Crippen molar-refractivity contribution in [3.63, 3.8) is 0 Å². The summed E-state index contributed by atoms with van der Waals surface area (Å²) in [6, 6.07) is 8.21. The van der Waals surface area contributed by atoms with Gasteiger partial charge in [-0.2, -0.15) is 0 Å². The van der Waals surface area contributed by atoms with E-state index in [0.29, 0.717) is 0 Å². The summed E-state index contributed by atoms with van der Waals surface area (Å²) in [5, 5.41) is 3.45. The Kier molecular flexibility index (Phi) is 7.89. The van der Waals surface area contributed by atoms with Gasteiger partial charge in [0, 0.05) is 40.4 Å². The summed E-state index contributed by atoms with van der Waals surface area (Å²) in [6.45, 7) is 3.73. The summed E-state index contributed by atoms with van der Waals surface area (Å²) >= 11 is 0. The summed E-state index contributed by atoms with van der Waals surface area (Å²) in [4.78, 5) is 6.62. The molecule has 0 amide bonds. The number of hydrogen-bond donors (Lipinski definition) is 1. The minimum atomic E-state index is 0.788. The minimum absolute atomic E-state index is 0.788. The van der Waals surface area contributed by atoms with Crippen molar-refractivity contribution in [2.75, 3.05) is 47.5 Å². The zero-order chi connectivity index (χ0) is 17.2. The average Bonchev–Trinajstić information content (AvgIpc) is 2.64. The van der Waals surface area contributed by atoms with Crippen molar-refractivity contribution >= 4 is 5.96 Å². The topological polar surface area (TPSA) is 46.1 Å². The van der Waals surface area contributed by atoms with Crippen molar-refractivity contribution in [2.24, 2.45) is 10.9 Å². The molecule has 0 aliphatic carbocycles. The van der Waals surface area contributed by atoms with Gasteiger partial charge in [-0.05, 0) is 49.3 Å². The second kappa shape index (κ2) is 10.2. The van der Waals surface area contributed by atoms with Crippen LogP contribution in [-0.4, -0.2) is 58.4 Å². The fourth-order valence-electron chi connectivity index (χ4n) is 3.05. The lowest BCUT2D eigenvalue weighted by Gasteiger charge is -2.26. The molecule has 1 heterocycles. The predicted octanol–water partition coefficient (Wildman–Crippen LogP) is 2.56. The molecule has 0 atom stereocenters. The number of aliphatic imine (C=N–C) groups is 1. The van der Waals surface area contributed by atoms with Crippen LogP contribution in [0, 0.1) is 5.92 Å². The van der Waals surface area contributed by atoms with Gasteiger partial charge in [0.15, 0.2) is 5.96 Å². The zero-order valence-electron chi connectivity index (χ0n) is 15.3. The molecule has 1 aliphatic heterocycles. The number of guanidine groups is 1. The fraction of sp³-hybridized carbons (Fsp3) is 0.632. The van der Waals surface area contributed by atoms with E-state index in [0.717, 1.165) is 50.4 Å². The number of ether oxygens (including phenoxy) is 2. The van der Waals surface area contributed by atoms with Crippen molar-refractivity contribution in [1.29, 1.82) is 0 Å². The molecule has 1 aliphatic rings. The van der Waals surface area contributed by atoms with Crippen LogP contribution in [0.2, 0.25) is 0 Å². The van der Waals surface area contributed by atoms with Gasteiger partial charge < -0.3 is 19.7 Å². The lowest BCUT2D eigenvalue weighted by Crippen LogP contribution is -2.40.